The van der Waals surface area contributed by atoms with Crippen molar-refractivity contribution in [1.29, 1.82) is 0 Å². The van der Waals surface area contributed by atoms with Gasteiger partial charge < -0.3 is 5.11 Å². The summed E-state index contributed by atoms with van der Waals surface area (Å²) in [6, 6.07) is 13.2. The Morgan fingerprint density at radius 2 is 1.95 bits per heavy atom. The Labute approximate surface area is 119 Å². The third-order valence-corrected chi connectivity index (χ3v) is 3.08. The minimum absolute atomic E-state index is 0.321. The summed E-state index contributed by atoms with van der Waals surface area (Å²) in [5.74, 6) is -0.321. The molecular weight excluding hydrogens is 271 g/mol. The van der Waals surface area contributed by atoms with Gasteiger partial charge in [-0.05, 0) is 29.8 Å². The maximum Gasteiger partial charge on any atom is 0.432 e. The van der Waals surface area contributed by atoms with Gasteiger partial charge in [0.2, 0.25) is 0 Å². The fourth-order valence-electron chi connectivity index (χ4n) is 2.14. The van der Waals surface area contributed by atoms with Gasteiger partial charge in [0.25, 0.3) is 0 Å². The van der Waals surface area contributed by atoms with Gasteiger partial charge >= 0.3 is 6.09 Å². The van der Waals surface area contributed by atoms with Gasteiger partial charge in [-0.3, -0.25) is 0 Å². The van der Waals surface area contributed by atoms with Crippen molar-refractivity contribution in [1.82, 2.24) is 9.78 Å². The highest BCUT2D eigenvalue weighted by Gasteiger charge is 2.12. The van der Waals surface area contributed by atoms with E-state index in [9.17, 15) is 9.18 Å². The number of hydrogen-bond acceptors (Lipinski definition) is 2. The molecule has 0 unspecified atom stereocenters. The van der Waals surface area contributed by atoms with Crippen molar-refractivity contribution in [3.63, 3.8) is 0 Å². The lowest BCUT2D eigenvalue weighted by Crippen LogP contribution is -2.09. The third-order valence-electron chi connectivity index (χ3n) is 3.08. The van der Waals surface area contributed by atoms with Crippen molar-refractivity contribution < 1.29 is 14.3 Å². The molecular formula is C16H11FN2O2. The molecule has 3 rings (SSSR count). The zero-order valence-electron chi connectivity index (χ0n) is 10.9. The van der Waals surface area contributed by atoms with E-state index in [0.29, 0.717) is 16.8 Å². The van der Waals surface area contributed by atoms with E-state index in [2.05, 4.69) is 5.10 Å². The van der Waals surface area contributed by atoms with Gasteiger partial charge in [-0.25, -0.2) is 9.18 Å². The molecule has 104 valence electrons. The smallest absolute Gasteiger partial charge is 0.432 e. The Hall–Kier alpha value is -2.95. The average molecular weight is 282 g/mol. The Kier molecular flexibility index (Phi) is 3.23. The van der Waals surface area contributed by atoms with Crippen molar-refractivity contribution >= 4 is 29.1 Å². The molecule has 1 heterocycles. The molecule has 0 amide bonds. The number of hydrogen-bond donors (Lipinski definition) is 1. The highest BCUT2D eigenvalue weighted by Crippen LogP contribution is 2.20. The van der Waals surface area contributed by atoms with E-state index in [4.69, 9.17) is 5.11 Å². The van der Waals surface area contributed by atoms with Crippen LogP contribution in [-0.4, -0.2) is 21.0 Å². The number of rotatable bonds is 2. The number of nitrogens with zero attached hydrogens (tertiary/aromatic N) is 2. The summed E-state index contributed by atoms with van der Waals surface area (Å²) in [6.07, 6.45) is 2.23. The van der Waals surface area contributed by atoms with Crippen LogP contribution >= 0.6 is 0 Å². The Morgan fingerprint density at radius 3 is 2.71 bits per heavy atom. The summed E-state index contributed by atoms with van der Waals surface area (Å²) in [5, 5.41) is 13.9. The molecule has 1 aromatic heterocycles. The lowest BCUT2D eigenvalue weighted by atomic mass is 10.1. The monoisotopic (exact) mass is 282 g/mol. The Bertz CT molecular complexity index is 852. The summed E-state index contributed by atoms with van der Waals surface area (Å²) >= 11 is 0. The molecule has 0 saturated heterocycles. The fourth-order valence-corrected chi connectivity index (χ4v) is 2.14. The summed E-state index contributed by atoms with van der Waals surface area (Å²) in [7, 11) is 0. The van der Waals surface area contributed by atoms with E-state index in [1.54, 1.807) is 42.5 Å². The van der Waals surface area contributed by atoms with Crippen LogP contribution in [0.2, 0.25) is 0 Å². The molecule has 0 spiro atoms. The number of halogens is 1. The molecule has 2 aromatic carbocycles. The van der Waals surface area contributed by atoms with Gasteiger partial charge in [-0.2, -0.15) is 9.78 Å². The van der Waals surface area contributed by atoms with Crippen molar-refractivity contribution in [2.24, 2.45) is 0 Å². The number of fused-ring (bicyclic) bond motifs is 1. The predicted octanol–water partition coefficient (Wildman–Crippen LogP) is 3.87. The van der Waals surface area contributed by atoms with Crippen LogP contribution in [0.4, 0.5) is 9.18 Å². The Balaban J connectivity index is 2.07. The van der Waals surface area contributed by atoms with Crippen molar-refractivity contribution in [3.05, 3.63) is 65.6 Å². The van der Waals surface area contributed by atoms with Crippen LogP contribution in [-0.2, 0) is 0 Å². The van der Waals surface area contributed by atoms with Gasteiger partial charge in [0.15, 0.2) is 0 Å². The number of para-hydroxylation sites is 1. The summed E-state index contributed by atoms with van der Waals surface area (Å²) < 4.78 is 14.1. The molecule has 0 saturated carbocycles. The molecule has 0 aliphatic carbocycles. The number of aromatic nitrogens is 2. The van der Waals surface area contributed by atoms with Gasteiger partial charge in [-0.15, -0.1) is 0 Å². The molecule has 1 N–H and O–H groups in total. The first-order chi connectivity index (χ1) is 10.1. The van der Waals surface area contributed by atoms with Gasteiger partial charge in [-0.1, -0.05) is 36.4 Å². The van der Waals surface area contributed by atoms with Gasteiger partial charge in [0.05, 0.1) is 11.2 Å². The third kappa shape index (κ3) is 2.53. The van der Waals surface area contributed by atoms with Crippen molar-refractivity contribution in [2.45, 2.75) is 0 Å². The molecule has 21 heavy (non-hydrogen) atoms. The molecule has 4 nitrogen and oxygen atoms in total. The van der Waals surface area contributed by atoms with E-state index >= 15 is 0 Å². The standard InChI is InChI=1S/C16H11FN2O2/c17-12-5-3-4-11(10-12)8-9-14-13-6-1-2-7-15(13)19(18-14)16(20)21/h1-10H,(H,20,21). The second kappa shape index (κ2) is 5.20. The topological polar surface area (TPSA) is 55.1 Å². The molecule has 0 aliphatic rings. The second-order valence-corrected chi connectivity index (χ2v) is 4.49. The van der Waals surface area contributed by atoms with E-state index in [1.165, 1.54) is 12.1 Å². The molecule has 0 fully saturated rings. The van der Waals surface area contributed by atoms with Crippen molar-refractivity contribution in [2.75, 3.05) is 0 Å². The first-order valence-corrected chi connectivity index (χ1v) is 6.30. The molecule has 3 aromatic rings. The van der Waals surface area contributed by atoms with Crippen LogP contribution in [0, 0.1) is 5.82 Å². The highest BCUT2D eigenvalue weighted by molar-refractivity contribution is 5.94. The lowest BCUT2D eigenvalue weighted by Gasteiger charge is -1.93. The SMILES string of the molecule is O=C(O)n1nc(C=Cc2cccc(F)c2)c2ccccc21. The van der Waals surface area contributed by atoms with Crippen LogP contribution in [0.1, 0.15) is 11.3 Å². The first-order valence-electron chi connectivity index (χ1n) is 6.30. The van der Waals surface area contributed by atoms with E-state index in [-0.39, 0.29) is 5.82 Å². The van der Waals surface area contributed by atoms with Crippen LogP contribution in [0.25, 0.3) is 23.1 Å². The van der Waals surface area contributed by atoms with Crippen LogP contribution in [0.5, 0.6) is 0 Å². The minimum atomic E-state index is -1.14. The molecule has 0 bridgehead atoms. The largest absolute Gasteiger partial charge is 0.463 e. The maximum absolute atomic E-state index is 13.1. The fraction of sp³-hybridized carbons (Fsp3) is 0. The first kappa shape index (κ1) is 13.1. The molecule has 0 aliphatic heterocycles. The highest BCUT2D eigenvalue weighted by atomic mass is 19.1. The number of benzene rings is 2. The molecule has 0 atom stereocenters. The van der Waals surface area contributed by atoms with E-state index in [1.807, 2.05) is 6.07 Å². The predicted molar refractivity (Wildman–Crippen MR) is 78.5 cm³/mol. The normalized spacial score (nSPS) is 11.3. The summed E-state index contributed by atoms with van der Waals surface area (Å²) in [5.41, 5.74) is 1.73. The second-order valence-electron chi connectivity index (χ2n) is 4.49. The average Bonchev–Trinajstić information content (AvgIpc) is 2.84. The van der Waals surface area contributed by atoms with Crippen LogP contribution in [0.3, 0.4) is 0 Å². The Morgan fingerprint density at radius 1 is 1.14 bits per heavy atom. The van der Waals surface area contributed by atoms with Crippen molar-refractivity contribution in [3.8, 4) is 0 Å². The molecule has 5 heteroatoms. The summed E-state index contributed by atoms with van der Waals surface area (Å²) in [4.78, 5) is 11.2. The lowest BCUT2D eigenvalue weighted by molar-refractivity contribution is 0.194. The number of carboxylic acid groups (broad SMARTS) is 1. The van der Waals surface area contributed by atoms with Crippen LogP contribution < -0.4 is 0 Å². The maximum atomic E-state index is 13.1. The van der Waals surface area contributed by atoms with Crippen LogP contribution in [0.15, 0.2) is 48.5 Å². The molecule has 0 radical (unpaired) electrons. The van der Waals surface area contributed by atoms with Gasteiger partial charge in [0, 0.05) is 5.39 Å². The number of carbonyl (C=O) groups is 1. The zero-order valence-corrected chi connectivity index (χ0v) is 10.9. The minimum Gasteiger partial charge on any atom is -0.463 e. The van der Waals surface area contributed by atoms with E-state index in [0.717, 1.165) is 10.1 Å². The zero-order chi connectivity index (χ0) is 14.8. The van der Waals surface area contributed by atoms with Gasteiger partial charge in [0.1, 0.15) is 5.82 Å². The van der Waals surface area contributed by atoms with E-state index < -0.39 is 6.09 Å². The quantitative estimate of drug-likeness (QED) is 0.776. The summed E-state index contributed by atoms with van der Waals surface area (Å²) in [6.45, 7) is 0.